The number of likely N-dealkylation sites (tertiary alicyclic amines) is 1. The molecule has 0 spiro atoms. The number of amides is 1. The Hall–Kier alpha value is -0.870. The number of hydrogen-bond donors (Lipinski definition) is 1. The van der Waals surface area contributed by atoms with Gasteiger partial charge in [-0.25, -0.2) is 0 Å². The number of carbonyl (C=O) groups is 1. The number of rotatable bonds is 3. The number of halogens is 1. The smallest absolute Gasteiger partial charge is 0.227 e. The average molecular weight is 337 g/mol. The average Bonchev–Trinajstić information content (AvgIpc) is 3.12. The molecule has 2 aliphatic heterocycles. The molecule has 4 heteroatoms. The Balaban J connectivity index is 1.65. The molecule has 1 aromatic carbocycles. The summed E-state index contributed by atoms with van der Waals surface area (Å²) in [4.78, 5) is 14.7. The van der Waals surface area contributed by atoms with E-state index in [1.54, 1.807) is 0 Å². The van der Waals surface area contributed by atoms with E-state index in [1.165, 1.54) is 5.56 Å². The molecule has 2 atom stereocenters. The molecule has 20 heavy (non-hydrogen) atoms. The van der Waals surface area contributed by atoms with Gasteiger partial charge < -0.3 is 10.2 Å². The van der Waals surface area contributed by atoms with Crippen molar-refractivity contribution in [1.82, 2.24) is 10.2 Å². The van der Waals surface area contributed by atoms with Crippen LogP contribution in [0.2, 0.25) is 0 Å². The molecule has 0 saturated carbocycles. The predicted octanol–water partition coefficient (Wildman–Crippen LogP) is 2.59. The second kappa shape index (κ2) is 6.27. The summed E-state index contributed by atoms with van der Waals surface area (Å²) < 4.78 is 1.11. The fraction of sp³-hybridized carbons (Fsp3) is 0.562. The quantitative estimate of drug-likeness (QED) is 0.920. The lowest BCUT2D eigenvalue weighted by atomic mass is 10.0. The molecule has 0 radical (unpaired) electrons. The van der Waals surface area contributed by atoms with Crippen LogP contribution in [0.1, 0.15) is 24.8 Å². The molecule has 0 unspecified atom stereocenters. The van der Waals surface area contributed by atoms with Gasteiger partial charge in [-0.1, -0.05) is 28.1 Å². The Labute approximate surface area is 128 Å². The Kier molecular flexibility index (Phi) is 4.41. The highest BCUT2D eigenvalue weighted by Crippen LogP contribution is 2.25. The Morgan fingerprint density at radius 2 is 2.10 bits per heavy atom. The first-order chi connectivity index (χ1) is 9.74. The SMILES string of the molecule is O=C([C@@H]1CCNC1)N1CCC[C@H]1Cc1ccc(Br)cc1. The zero-order valence-electron chi connectivity index (χ0n) is 11.6. The summed E-state index contributed by atoms with van der Waals surface area (Å²) in [7, 11) is 0. The summed E-state index contributed by atoms with van der Waals surface area (Å²) in [5, 5.41) is 3.29. The summed E-state index contributed by atoms with van der Waals surface area (Å²) >= 11 is 3.47. The number of hydrogen-bond acceptors (Lipinski definition) is 2. The van der Waals surface area contributed by atoms with Crippen molar-refractivity contribution in [2.45, 2.75) is 31.7 Å². The third-order valence-electron chi connectivity index (χ3n) is 4.45. The summed E-state index contributed by atoms with van der Waals surface area (Å²) in [5.41, 5.74) is 1.32. The third kappa shape index (κ3) is 3.07. The minimum atomic E-state index is 0.209. The van der Waals surface area contributed by atoms with E-state index in [-0.39, 0.29) is 5.92 Å². The zero-order valence-corrected chi connectivity index (χ0v) is 13.2. The lowest BCUT2D eigenvalue weighted by Gasteiger charge is -2.27. The van der Waals surface area contributed by atoms with Crippen LogP contribution in [0.4, 0.5) is 0 Å². The second-order valence-electron chi connectivity index (χ2n) is 5.85. The van der Waals surface area contributed by atoms with E-state index in [0.29, 0.717) is 11.9 Å². The molecule has 108 valence electrons. The monoisotopic (exact) mass is 336 g/mol. The van der Waals surface area contributed by atoms with Crippen molar-refractivity contribution in [3.05, 3.63) is 34.3 Å². The molecule has 3 nitrogen and oxygen atoms in total. The molecule has 0 aliphatic carbocycles. The Morgan fingerprint density at radius 1 is 1.30 bits per heavy atom. The molecule has 2 saturated heterocycles. The number of nitrogens with one attached hydrogen (secondary N) is 1. The summed E-state index contributed by atoms with van der Waals surface area (Å²) in [6, 6.07) is 8.86. The largest absolute Gasteiger partial charge is 0.339 e. The van der Waals surface area contributed by atoms with Crippen molar-refractivity contribution >= 4 is 21.8 Å². The van der Waals surface area contributed by atoms with Crippen molar-refractivity contribution in [1.29, 1.82) is 0 Å². The standard InChI is InChI=1S/C16H21BrN2O/c17-14-5-3-12(4-6-14)10-15-2-1-9-19(15)16(20)13-7-8-18-11-13/h3-6,13,15,18H,1-2,7-11H2/t13-,15+/m1/s1. The van der Waals surface area contributed by atoms with E-state index >= 15 is 0 Å². The van der Waals surface area contributed by atoms with Crippen molar-refractivity contribution in [3.8, 4) is 0 Å². The van der Waals surface area contributed by atoms with Crippen LogP contribution < -0.4 is 5.32 Å². The van der Waals surface area contributed by atoms with Crippen LogP contribution in [0, 0.1) is 5.92 Å². The van der Waals surface area contributed by atoms with Crippen LogP contribution in [0.15, 0.2) is 28.7 Å². The van der Waals surface area contributed by atoms with Gasteiger partial charge in [0.2, 0.25) is 5.91 Å². The predicted molar refractivity (Wildman–Crippen MR) is 83.6 cm³/mol. The van der Waals surface area contributed by atoms with Crippen LogP contribution in [-0.2, 0) is 11.2 Å². The third-order valence-corrected chi connectivity index (χ3v) is 4.98. The lowest BCUT2D eigenvalue weighted by molar-refractivity contribution is -0.135. The zero-order chi connectivity index (χ0) is 13.9. The molecular formula is C16H21BrN2O. The maximum atomic E-state index is 12.6. The van der Waals surface area contributed by atoms with Crippen molar-refractivity contribution in [3.63, 3.8) is 0 Å². The molecule has 1 aromatic rings. The van der Waals surface area contributed by atoms with Gasteiger partial charge >= 0.3 is 0 Å². The van der Waals surface area contributed by atoms with Gasteiger partial charge in [0.25, 0.3) is 0 Å². The van der Waals surface area contributed by atoms with E-state index in [4.69, 9.17) is 0 Å². The van der Waals surface area contributed by atoms with Gasteiger partial charge in [-0.05, 0) is 49.9 Å². The molecule has 3 rings (SSSR count). The van der Waals surface area contributed by atoms with E-state index in [1.807, 2.05) is 0 Å². The van der Waals surface area contributed by atoms with E-state index in [9.17, 15) is 4.79 Å². The minimum absolute atomic E-state index is 0.209. The highest BCUT2D eigenvalue weighted by Gasteiger charge is 2.34. The number of benzene rings is 1. The van der Waals surface area contributed by atoms with Crippen molar-refractivity contribution in [2.24, 2.45) is 5.92 Å². The molecular weight excluding hydrogens is 316 g/mol. The van der Waals surface area contributed by atoms with Crippen LogP contribution in [0.25, 0.3) is 0 Å². The summed E-state index contributed by atoms with van der Waals surface area (Å²) in [6.45, 7) is 2.79. The molecule has 2 heterocycles. The van der Waals surface area contributed by atoms with Crippen LogP contribution in [0.5, 0.6) is 0 Å². The Morgan fingerprint density at radius 3 is 2.80 bits per heavy atom. The lowest BCUT2D eigenvalue weighted by Crippen LogP contribution is -2.41. The maximum Gasteiger partial charge on any atom is 0.227 e. The van der Waals surface area contributed by atoms with Gasteiger partial charge in [-0.15, -0.1) is 0 Å². The highest BCUT2D eigenvalue weighted by atomic mass is 79.9. The number of nitrogens with zero attached hydrogens (tertiary/aromatic N) is 1. The van der Waals surface area contributed by atoms with Gasteiger partial charge in [-0.2, -0.15) is 0 Å². The van der Waals surface area contributed by atoms with Crippen LogP contribution in [0.3, 0.4) is 0 Å². The van der Waals surface area contributed by atoms with Crippen LogP contribution >= 0.6 is 15.9 Å². The van der Waals surface area contributed by atoms with Crippen LogP contribution in [-0.4, -0.2) is 36.5 Å². The molecule has 1 amide bonds. The first-order valence-corrected chi connectivity index (χ1v) is 8.29. The van der Waals surface area contributed by atoms with Gasteiger partial charge in [0.15, 0.2) is 0 Å². The normalized spacial score (nSPS) is 26.1. The fourth-order valence-corrected chi connectivity index (χ4v) is 3.59. The van der Waals surface area contributed by atoms with Gasteiger partial charge in [-0.3, -0.25) is 4.79 Å². The van der Waals surface area contributed by atoms with Gasteiger partial charge in [0.1, 0.15) is 0 Å². The minimum Gasteiger partial charge on any atom is -0.339 e. The topological polar surface area (TPSA) is 32.3 Å². The van der Waals surface area contributed by atoms with Gasteiger partial charge in [0, 0.05) is 23.6 Å². The summed E-state index contributed by atoms with van der Waals surface area (Å²) in [5.74, 6) is 0.579. The molecule has 0 aromatic heterocycles. The van der Waals surface area contributed by atoms with E-state index in [0.717, 1.165) is 49.8 Å². The van der Waals surface area contributed by atoms with E-state index in [2.05, 4.69) is 50.4 Å². The van der Waals surface area contributed by atoms with Gasteiger partial charge in [0.05, 0.1) is 5.92 Å². The van der Waals surface area contributed by atoms with Crippen molar-refractivity contribution in [2.75, 3.05) is 19.6 Å². The molecule has 2 aliphatic rings. The number of carbonyl (C=O) groups excluding carboxylic acids is 1. The molecule has 2 fully saturated rings. The maximum absolute atomic E-state index is 12.6. The molecule has 0 bridgehead atoms. The Bertz CT molecular complexity index is 468. The first kappa shape index (κ1) is 14.1. The second-order valence-corrected chi connectivity index (χ2v) is 6.76. The summed E-state index contributed by atoms with van der Waals surface area (Å²) in [6.07, 6.45) is 4.27. The highest BCUT2D eigenvalue weighted by molar-refractivity contribution is 9.10. The van der Waals surface area contributed by atoms with E-state index < -0.39 is 0 Å². The van der Waals surface area contributed by atoms with Crippen molar-refractivity contribution < 1.29 is 4.79 Å². The molecule has 1 N–H and O–H groups in total. The fourth-order valence-electron chi connectivity index (χ4n) is 3.33. The first-order valence-electron chi connectivity index (χ1n) is 7.49.